The fourth-order valence-corrected chi connectivity index (χ4v) is 2.67. The van der Waals surface area contributed by atoms with Crippen molar-refractivity contribution in [3.8, 4) is 11.4 Å². The smallest absolute Gasteiger partial charge is 0.228 e. The number of rotatable bonds is 6. The predicted octanol–water partition coefficient (Wildman–Crippen LogP) is 3.11. The third kappa shape index (κ3) is 3.47. The van der Waals surface area contributed by atoms with Crippen LogP contribution in [0.1, 0.15) is 31.2 Å². The van der Waals surface area contributed by atoms with Crippen LogP contribution in [-0.2, 0) is 6.42 Å². The summed E-state index contributed by atoms with van der Waals surface area (Å²) >= 11 is 0. The molecule has 0 radical (unpaired) electrons. The van der Waals surface area contributed by atoms with Gasteiger partial charge in [0.2, 0.25) is 11.7 Å². The van der Waals surface area contributed by atoms with E-state index >= 15 is 0 Å². The molecule has 112 valence electrons. The Morgan fingerprint density at radius 1 is 1.38 bits per heavy atom. The number of aromatic nitrogens is 2. The molecule has 1 aromatic heterocycles. The van der Waals surface area contributed by atoms with Crippen molar-refractivity contribution in [3.63, 3.8) is 0 Å². The van der Waals surface area contributed by atoms with Gasteiger partial charge in [-0.1, -0.05) is 12.1 Å². The van der Waals surface area contributed by atoms with E-state index in [0.717, 1.165) is 24.4 Å². The van der Waals surface area contributed by atoms with Crippen molar-refractivity contribution in [2.45, 2.75) is 39.2 Å². The average Bonchev–Trinajstić information content (AvgIpc) is 3.17. The lowest BCUT2D eigenvalue weighted by atomic mass is 10.1. The zero-order valence-electron chi connectivity index (χ0n) is 12.4. The molecule has 1 unspecified atom stereocenters. The van der Waals surface area contributed by atoms with Crippen LogP contribution >= 0.6 is 0 Å². The van der Waals surface area contributed by atoms with Crippen LogP contribution in [0.2, 0.25) is 0 Å². The zero-order chi connectivity index (χ0) is 14.8. The largest absolute Gasteiger partial charge is 0.339 e. The predicted molar refractivity (Wildman–Crippen MR) is 78.3 cm³/mol. The van der Waals surface area contributed by atoms with Gasteiger partial charge in [-0.2, -0.15) is 4.98 Å². The van der Waals surface area contributed by atoms with E-state index in [0.29, 0.717) is 23.3 Å². The summed E-state index contributed by atoms with van der Waals surface area (Å²) in [6.45, 7) is 4.89. The first-order valence-corrected chi connectivity index (χ1v) is 7.49. The second-order valence-corrected chi connectivity index (χ2v) is 5.73. The van der Waals surface area contributed by atoms with Gasteiger partial charge >= 0.3 is 0 Å². The first-order valence-electron chi connectivity index (χ1n) is 7.49. The fraction of sp³-hybridized carbons (Fsp3) is 0.500. The van der Waals surface area contributed by atoms with Crippen molar-refractivity contribution < 1.29 is 8.91 Å². The molecule has 0 amide bonds. The van der Waals surface area contributed by atoms with Gasteiger partial charge in [0.1, 0.15) is 5.82 Å². The summed E-state index contributed by atoms with van der Waals surface area (Å²) in [6.07, 6.45) is 3.27. The number of halogens is 1. The van der Waals surface area contributed by atoms with Gasteiger partial charge in [0.25, 0.3) is 0 Å². The van der Waals surface area contributed by atoms with Gasteiger partial charge in [0.15, 0.2) is 0 Å². The van der Waals surface area contributed by atoms with Gasteiger partial charge in [0, 0.05) is 18.0 Å². The molecule has 0 saturated heterocycles. The van der Waals surface area contributed by atoms with Gasteiger partial charge in [0.05, 0.1) is 0 Å². The minimum Gasteiger partial charge on any atom is -0.339 e. The number of nitrogens with zero attached hydrogens (tertiary/aromatic N) is 2. The van der Waals surface area contributed by atoms with Crippen LogP contribution in [0.3, 0.4) is 0 Å². The van der Waals surface area contributed by atoms with Crippen molar-refractivity contribution in [2.75, 3.05) is 6.54 Å². The summed E-state index contributed by atoms with van der Waals surface area (Å²) in [5.41, 5.74) is 1.51. The Hall–Kier alpha value is -1.75. The first kappa shape index (κ1) is 14.2. The Labute approximate surface area is 123 Å². The van der Waals surface area contributed by atoms with E-state index in [2.05, 4.69) is 22.4 Å². The topological polar surface area (TPSA) is 51.0 Å². The molecular weight excluding hydrogens is 269 g/mol. The zero-order valence-corrected chi connectivity index (χ0v) is 12.4. The Balaban J connectivity index is 1.76. The highest BCUT2D eigenvalue weighted by Crippen LogP contribution is 2.34. The van der Waals surface area contributed by atoms with Gasteiger partial charge in [-0.15, -0.1) is 0 Å². The highest BCUT2D eigenvalue weighted by atomic mass is 19.1. The molecule has 1 N–H and O–H groups in total. The number of hydrogen-bond donors (Lipinski definition) is 1. The minimum absolute atomic E-state index is 0.278. The quantitative estimate of drug-likeness (QED) is 0.887. The number of likely N-dealkylation sites (N-methyl/N-ethyl adjacent to an activating group) is 1. The molecule has 1 aromatic carbocycles. The maximum atomic E-state index is 13.4. The van der Waals surface area contributed by atoms with E-state index in [1.54, 1.807) is 0 Å². The Morgan fingerprint density at radius 3 is 2.86 bits per heavy atom. The molecule has 1 saturated carbocycles. The average molecular weight is 289 g/mol. The fourth-order valence-electron chi connectivity index (χ4n) is 2.67. The van der Waals surface area contributed by atoms with E-state index in [1.165, 1.54) is 25.0 Å². The van der Waals surface area contributed by atoms with Crippen molar-refractivity contribution in [1.82, 2.24) is 15.5 Å². The van der Waals surface area contributed by atoms with Crippen molar-refractivity contribution in [3.05, 3.63) is 35.5 Å². The van der Waals surface area contributed by atoms with E-state index in [4.69, 9.17) is 4.52 Å². The maximum Gasteiger partial charge on any atom is 0.228 e. The molecule has 21 heavy (non-hydrogen) atoms. The van der Waals surface area contributed by atoms with Gasteiger partial charge in [-0.25, -0.2) is 4.39 Å². The third-order valence-electron chi connectivity index (χ3n) is 3.82. The molecule has 1 heterocycles. The lowest BCUT2D eigenvalue weighted by Crippen LogP contribution is -2.33. The third-order valence-corrected chi connectivity index (χ3v) is 3.82. The van der Waals surface area contributed by atoms with Crippen LogP contribution in [0.15, 0.2) is 22.7 Å². The second kappa shape index (κ2) is 5.93. The number of benzene rings is 1. The van der Waals surface area contributed by atoms with Gasteiger partial charge < -0.3 is 9.84 Å². The summed E-state index contributed by atoms with van der Waals surface area (Å²) in [6, 6.07) is 5.18. The van der Waals surface area contributed by atoms with Gasteiger partial charge in [-0.3, -0.25) is 0 Å². The molecule has 0 bridgehead atoms. The summed E-state index contributed by atoms with van der Waals surface area (Å²) in [4.78, 5) is 4.41. The van der Waals surface area contributed by atoms with E-state index in [-0.39, 0.29) is 5.82 Å². The highest BCUT2D eigenvalue weighted by molar-refractivity contribution is 5.55. The molecule has 1 atom stereocenters. The number of hydrogen-bond acceptors (Lipinski definition) is 4. The molecule has 1 fully saturated rings. The molecule has 4 nitrogen and oxygen atoms in total. The second-order valence-electron chi connectivity index (χ2n) is 5.73. The Kier molecular flexibility index (Phi) is 4.01. The standard InChI is InChI=1S/C16H20FN3O/c1-3-18-14(11-4-5-11)9-15-19-16(20-21-15)12-6-10(2)7-13(17)8-12/h6-8,11,14,18H,3-5,9H2,1-2H3. The van der Waals surface area contributed by atoms with E-state index in [1.807, 2.05) is 13.0 Å². The molecule has 0 spiro atoms. The van der Waals surface area contributed by atoms with E-state index in [9.17, 15) is 4.39 Å². The minimum atomic E-state index is -0.278. The van der Waals surface area contributed by atoms with Crippen LogP contribution in [0, 0.1) is 18.7 Å². The van der Waals surface area contributed by atoms with Crippen molar-refractivity contribution in [2.24, 2.45) is 5.92 Å². The van der Waals surface area contributed by atoms with Crippen LogP contribution in [-0.4, -0.2) is 22.7 Å². The van der Waals surface area contributed by atoms with Crippen LogP contribution < -0.4 is 5.32 Å². The first-order chi connectivity index (χ1) is 10.2. The Morgan fingerprint density at radius 2 is 2.19 bits per heavy atom. The van der Waals surface area contributed by atoms with Crippen LogP contribution in [0.25, 0.3) is 11.4 Å². The summed E-state index contributed by atoms with van der Waals surface area (Å²) in [5.74, 6) is 1.51. The lowest BCUT2D eigenvalue weighted by molar-refractivity contribution is 0.348. The van der Waals surface area contributed by atoms with Gasteiger partial charge in [-0.05, 0) is 56.0 Å². The molecular formula is C16H20FN3O. The Bertz CT molecular complexity index is 601. The monoisotopic (exact) mass is 289 g/mol. The number of aryl methyl sites for hydroxylation is 1. The lowest BCUT2D eigenvalue weighted by Gasteiger charge is -2.14. The molecule has 2 aromatic rings. The van der Waals surface area contributed by atoms with Crippen molar-refractivity contribution >= 4 is 0 Å². The molecule has 1 aliphatic carbocycles. The normalized spacial score (nSPS) is 16.1. The molecule has 1 aliphatic rings. The molecule has 0 aliphatic heterocycles. The summed E-state index contributed by atoms with van der Waals surface area (Å²) in [7, 11) is 0. The maximum absolute atomic E-state index is 13.4. The highest BCUT2D eigenvalue weighted by Gasteiger charge is 2.31. The summed E-state index contributed by atoms with van der Waals surface area (Å²) < 4.78 is 18.8. The van der Waals surface area contributed by atoms with Crippen LogP contribution in [0.4, 0.5) is 4.39 Å². The summed E-state index contributed by atoms with van der Waals surface area (Å²) in [5, 5.41) is 7.45. The SMILES string of the molecule is CCNC(Cc1nc(-c2cc(C)cc(F)c2)no1)C1CC1. The number of nitrogens with one attached hydrogen (secondary N) is 1. The molecule has 5 heteroatoms. The van der Waals surface area contributed by atoms with Crippen molar-refractivity contribution in [1.29, 1.82) is 0 Å². The molecule has 3 rings (SSSR count). The van der Waals surface area contributed by atoms with E-state index < -0.39 is 0 Å². The van der Waals surface area contributed by atoms with Crippen LogP contribution in [0.5, 0.6) is 0 Å².